The summed E-state index contributed by atoms with van der Waals surface area (Å²) in [5, 5.41) is 7.71. The minimum Gasteiger partial charge on any atom is -0.480 e. The maximum atomic E-state index is 12.5. The molecule has 0 bridgehead atoms. The van der Waals surface area contributed by atoms with Gasteiger partial charge in [-0.25, -0.2) is 8.42 Å². The summed E-state index contributed by atoms with van der Waals surface area (Å²) in [6.07, 6.45) is 0. The molecule has 0 aliphatic rings. The fourth-order valence-electron chi connectivity index (χ4n) is 1.95. The summed E-state index contributed by atoms with van der Waals surface area (Å²) in [5.74, 6) is -1.38. The number of carbonyl (C=O) groups is 1. The van der Waals surface area contributed by atoms with E-state index in [9.17, 15) is 18.3 Å². The van der Waals surface area contributed by atoms with Gasteiger partial charge in [-0.15, -0.1) is 0 Å². The van der Waals surface area contributed by atoms with Crippen molar-refractivity contribution < 1.29 is 18.3 Å². The minimum absolute atomic E-state index is 0.0133. The molecule has 0 saturated heterocycles. The summed E-state index contributed by atoms with van der Waals surface area (Å²) in [5.41, 5.74) is 1.16. The topological polar surface area (TPSA) is 71.4 Å². The molecule has 0 amide bonds. The highest BCUT2D eigenvalue weighted by Crippen LogP contribution is 2.29. The molecular formula is C15H14O4S. The van der Waals surface area contributed by atoms with Crippen molar-refractivity contribution in [1.29, 1.82) is 0 Å². The average Bonchev–Trinajstić information content (AvgIpc) is 2.39. The number of hydrogen-bond acceptors (Lipinski definition) is 3. The zero-order valence-electron chi connectivity index (χ0n) is 10.9. The molecular weight excluding hydrogens is 276 g/mol. The Hall–Kier alpha value is -2.14. The molecule has 0 aliphatic carbocycles. The molecule has 20 heavy (non-hydrogen) atoms. The van der Waals surface area contributed by atoms with E-state index in [1.165, 1.54) is 24.3 Å². The maximum Gasteiger partial charge on any atom is 0.326 e. The first kappa shape index (κ1) is 14.3. The Labute approximate surface area is 117 Å². The van der Waals surface area contributed by atoms with Crippen molar-refractivity contribution in [2.24, 2.45) is 0 Å². The SMILES string of the molecule is Cc1ccc(S(=O)(=O)[C@H](C(=O)O)c2ccccc2)cc1. The Bertz CT molecular complexity index is 703. The van der Waals surface area contributed by atoms with Crippen LogP contribution in [-0.2, 0) is 14.6 Å². The molecule has 2 aromatic carbocycles. The molecule has 0 saturated carbocycles. The molecule has 1 atom stereocenters. The second kappa shape index (κ2) is 5.46. The van der Waals surface area contributed by atoms with Gasteiger partial charge in [-0.1, -0.05) is 48.0 Å². The molecule has 0 aromatic heterocycles. The predicted octanol–water partition coefficient (Wildman–Crippen LogP) is 2.59. The smallest absolute Gasteiger partial charge is 0.326 e. The van der Waals surface area contributed by atoms with Crippen LogP contribution in [-0.4, -0.2) is 19.5 Å². The van der Waals surface area contributed by atoms with E-state index in [2.05, 4.69) is 0 Å². The van der Waals surface area contributed by atoms with E-state index in [1.54, 1.807) is 30.3 Å². The molecule has 2 rings (SSSR count). The van der Waals surface area contributed by atoms with Crippen LogP contribution in [0.3, 0.4) is 0 Å². The van der Waals surface area contributed by atoms with Crippen LogP contribution in [0.4, 0.5) is 0 Å². The van der Waals surface area contributed by atoms with E-state index < -0.39 is 21.1 Å². The van der Waals surface area contributed by atoms with Gasteiger partial charge in [0, 0.05) is 0 Å². The van der Waals surface area contributed by atoms with E-state index in [0.717, 1.165) is 5.56 Å². The van der Waals surface area contributed by atoms with Crippen molar-refractivity contribution in [1.82, 2.24) is 0 Å². The summed E-state index contributed by atoms with van der Waals surface area (Å²) in [6, 6.07) is 14.1. The van der Waals surface area contributed by atoms with Gasteiger partial charge in [0.1, 0.15) is 0 Å². The van der Waals surface area contributed by atoms with Gasteiger partial charge >= 0.3 is 5.97 Å². The Morgan fingerprint density at radius 3 is 2.05 bits per heavy atom. The highest BCUT2D eigenvalue weighted by molar-refractivity contribution is 7.92. The molecule has 0 radical (unpaired) electrons. The molecule has 1 N–H and O–H groups in total. The van der Waals surface area contributed by atoms with E-state index in [1.807, 2.05) is 6.92 Å². The van der Waals surface area contributed by atoms with Crippen molar-refractivity contribution in [3.63, 3.8) is 0 Å². The van der Waals surface area contributed by atoms with Gasteiger partial charge < -0.3 is 5.11 Å². The monoisotopic (exact) mass is 290 g/mol. The van der Waals surface area contributed by atoms with Gasteiger partial charge in [-0.2, -0.15) is 0 Å². The third-order valence-corrected chi connectivity index (χ3v) is 5.01. The lowest BCUT2D eigenvalue weighted by Crippen LogP contribution is -2.22. The number of rotatable bonds is 4. The normalized spacial score (nSPS) is 12.8. The van der Waals surface area contributed by atoms with Crippen LogP contribution in [0.1, 0.15) is 16.4 Å². The summed E-state index contributed by atoms with van der Waals surface area (Å²) in [7, 11) is -3.97. The predicted molar refractivity (Wildman–Crippen MR) is 75.2 cm³/mol. The highest BCUT2D eigenvalue weighted by atomic mass is 32.2. The number of aliphatic carboxylic acids is 1. The van der Waals surface area contributed by atoms with Crippen LogP contribution in [0.2, 0.25) is 0 Å². The third-order valence-electron chi connectivity index (χ3n) is 2.99. The molecule has 0 aliphatic heterocycles. The van der Waals surface area contributed by atoms with E-state index in [-0.39, 0.29) is 10.5 Å². The van der Waals surface area contributed by atoms with Crippen molar-refractivity contribution in [2.75, 3.05) is 0 Å². The first-order valence-electron chi connectivity index (χ1n) is 6.01. The number of sulfone groups is 1. The van der Waals surface area contributed by atoms with Gasteiger partial charge in [0.25, 0.3) is 0 Å². The summed E-state index contributed by atoms with van der Waals surface area (Å²) in [4.78, 5) is 11.4. The molecule has 0 fully saturated rings. The second-order valence-electron chi connectivity index (χ2n) is 4.49. The van der Waals surface area contributed by atoms with Gasteiger partial charge in [0.2, 0.25) is 0 Å². The number of aryl methyl sites for hydroxylation is 1. The van der Waals surface area contributed by atoms with Crippen LogP contribution >= 0.6 is 0 Å². The molecule has 0 spiro atoms. The largest absolute Gasteiger partial charge is 0.480 e. The summed E-state index contributed by atoms with van der Waals surface area (Å²) < 4.78 is 25.0. The van der Waals surface area contributed by atoms with Crippen molar-refractivity contribution in [2.45, 2.75) is 17.1 Å². The van der Waals surface area contributed by atoms with Crippen LogP contribution in [0, 0.1) is 6.92 Å². The van der Waals surface area contributed by atoms with Crippen LogP contribution in [0.5, 0.6) is 0 Å². The van der Waals surface area contributed by atoms with Gasteiger partial charge in [-0.05, 0) is 24.6 Å². The lowest BCUT2D eigenvalue weighted by molar-refractivity contribution is -0.136. The minimum atomic E-state index is -3.97. The first-order valence-corrected chi connectivity index (χ1v) is 7.56. The Morgan fingerprint density at radius 1 is 1.00 bits per heavy atom. The van der Waals surface area contributed by atoms with Crippen LogP contribution < -0.4 is 0 Å². The van der Waals surface area contributed by atoms with Crippen molar-refractivity contribution in [3.05, 3.63) is 65.7 Å². The Morgan fingerprint density at radius 2 is 1.55 bits per heavy atom. The molecule has 4 nitrogen and oxygen atoms in total. The molecule has 2 aromatic rings. The van der Waals surface area contributed by atoms with Gasteiger partial charge in [0.05, 0.1) is 4.90 Å². The zero-order chi connectivity index (χ0) is 14.8. The summed E-state index contributed by atoms with van der Waals surface area (Å²) >= 11 is 0. The van der Waals surface area contributed by atoms with Crippen LogP contribution in [0.25, 0.3) is 0 Å². The number of carboxylic acid groups (broad SMARTS) is 1. The van der Waals surface area contributed by atoms with E-state index in [0.29, 0.717) is 0 Å². The molecule has 0 unspecified atom stereocenters. The number of hydrogen-bond donors (Lipinski definition) is 1. The fourth-order valence-corrected chi connectivity index (χ4v) is 3.51. The van der Waals surface area contributed by atoms with Gasteiger partial charge in [-0.3, -0.25) is 4.79 Å². The van der Waals surface area contributed by atoms with Crippen molar-refractivity contribution >= 4 is 15.8 Å². The quantitative estimate of drug-likeness (QED) is 0.939. The zero-order valence-corrected chi connectivity index (χ0v) is 11.7. The summed E-state index contributed by atoms with van der Waals surface area (Å²) in [6.45, 7) is 1.84. The highest BCUT2D eigenvalue weighted by Gasteiger charge is 2.35. The fraction of sp³-hybridized carbons (Fsp3) is 0.133. The maximum absolute atomic E-state index is 12.5. The second-order valence-corrected chi connectivity index (χ2v) is 6.52. The molecule has 104 valence electrons. The van der Waals surface area contributed by atoms with Gasteiger partial charge in [0.15, 0.2) is 15.1 Å². The van der Waals surface area contributed by atoms with Crippen molar-refractivity contribution in [3.8, 4) is 0 Å². The van der Waals surface area contributed by atoms with E-state index >= 15 is 0 Å². The molecule has 5 heteroatoms. The Kier molecular flexibility index (Phi) is 3.90. The third kappa shape index (κ3) is 2.72. The van der Waals surface area contributed by atoms with E-state index in [4.69, 9.17) is 0 Å². The average molecular weight is 290 g/mol. The Balaban J connectivity index is 2.54. The first-order chi connectivity index (χ1) is 9.43. The lowest BCUT2D eigenvalue weighted by Gasteiger charge is -2.14. The lowest BCUT2D eigenvalue weighted by atomic mass is 10.1. The molecule has 0 heterocycles. The number of benzene rings is 2. The number of carboxylic acids is 1. The standard InChI is InChI=1S/C15H14O4S/c1-11-7-9-13(10-8-11)20(18,19)14(15(16)17)12-5-3-2-4-6-12/h2-10,14H,1H3,(H,16,17)/t14-/m0/s1. The van der Waals surface area contributed by atoms with Crippen LogP contribution in [0.15, 0.2) is 59.5 Å².